The van der Waals surface area contributed by atoms with E-state index in [0.29, 0.717) is 11.6 Å². The molecule has 1 heterocycles. The molecule has 1 aromatic heterocycles. The van der Waals surface area contributed by atoms with Gasteiger partial charge in [-0.1, -0.05) is 18.2 Å². The summed E-state index contributed by atoms with van der Waals surface area (Å²) in [5.41, 5.74) is 1.39. The average Bonchev–Trinajstić information content (AvgIpc) is 3.00. The highest BCUT2D eigenvalue weighted by Crippen LogP contribution is 2.26. The molecule has 0 bridgehead atoms. The van der Waals surface area contributed by atoms with E-state index in [1.54, 1.807) is 6.07 Å². The second kappa shape index (κ2) is 7.92. The smallest absolute Gasteiger partial charge is 0.351 e. The molecule has 3 rings (SSSR count). The van der Waals surface area contributed by atoms with Crippen LogP contribution in [-0.2, 0) is 10.7 Å². The summed E-state index contributed by atoms with van der Waals surface area (Å²) < 4.78 is 8.09. The zero-order valence-corrected chi connectivity index (χ0v) is 14.8. The van der Waals surface area contributed by atoms with Crippen LogP contribution in [0, 0.1) is 6.92 Å². The van der Waals surface area contributed by atoms with Gasteiger partial charge in [-0.25, -0.2) is 18.8 Å². The number of aryl methyl sites for hydroxylation is 1. The van der Waals surface area contributed by atoms with Crippen LogP contribution in [0.1, 0.15) is 5.56 Å². The molecule has 0 saturated heterocycles. The van der Waals surface area contributed by atoms with E-state index >= 15 is 0 Å². The van der Waals surface area contributed by atoms with Crippen LogP contribution >= 0.6 is 11.8 Å². The lowest BCUT2D eigenvalue weighted by molar-refractivity contribution is -0.139. The lowest BCUT2D eigenvalue weighted by Crippen LogP contribution is -2.23. The molecule has 0 saturated carbocycles. The summed E-state index contributed by atoms with van der Waals surface area (Å²) in [6.45, 7) is 1.47. The predicted octanol–water partition coefficient (Wildman–Crippen LogP) is 2.56. The molecule has 2 aromatic carbocycles. The minimum atomic E-state index is -1.02. The van der Waals surface area contributed by atoms with Crippen LogP contribution in [0.5, 0.6) is 5.75 Å². The van der Waals surface area contributed by atoms with Crippen molar-refractivity contribution in [3.8, 4) is 11.4 Å². The van der Waals surface area contributed by atoms with Crippen molar-refractivity contribution in [2.75, 3.05) is 6.61 Å². The quantitative estimate of drug-likeness (QED) is 0.643. The molecule has 0 aliphatic carbocycles. The zero-order valence-electron chi connectivity index (χ0n) is 14.0. The second-order valence-electron chi connectivity index (χ2n) is 5.50. The van der Waals surface area contributed by atoms with E-state index in [1.807, 2.05) is 49.4 Å². The third-order valence-corrected chi connectivity index (χ3v) is 4.58. The fourth-order valence-corrected chi connectivity index (χ4v) is 3.21. The van der Waals surface area contributed by atoms with E-state index in [1.165, 1.54) is 27.3 Å². The molecule has 0 atom stereocenters. The highest BCUT2D eigenvalue weighted by Gasteiger charge is 2.08. The Morgan fingerprint density at radius 3 is 2.69 bits per heavy atom. The molecule has 0 aliphatic rings. The van der Waals surface area contributed by atoms with Crippen molar-refractivity contribution >= 4 is 17.7 Å². The van der Waals surface area contributed by atoms with Gasteiger partial charge in [0.1, 0.15) is 12.1 Å². The minimum Gasteiger partial charge on any atom is -0.482 e. The Bertz CT molecular complexity index is 966. The first-order chi connectivity index (χ1) is 12.5. The number of carbonyl (C=O) groups is 1. The highest BCUT2D eigenvalue weighted by molar-refractivity contribution is 7.98. The molecule has 0 fully saturated rings. The number of ether oxygens (including phenoxy) is 1. The first-order valence-corrected chi connectivity index (χ1v) is 8.81. The van der Waals surface area contributed by atoms with Crippen LogP contribution in [0.15, 0.2) is 64.5 Å². The molecule has 0 spiro atoms. The average molecular weight is 371 g/mol. The summed E-state index contributed by atoms with van der Waals surface area (Å²) in [6.07, 6.45) is 1.51. The Morgan fingerprint density at radius 1 is 1.23 bits per heavy atom. The normalized spacial score (nSPS) is 10.7. The number of para-hydroxylation sites is 1. The highest BCUT2D eigenvalue weighted by atomic mass is 32.2. The Kier molecular flexibility index (Phi) is 5.43. The summed E-state index contributed by atoms with van der Waals surface area (Å²) >= 11 is 1.46. The van der Waals surface area contributed by atoms with Gasteiger partial charge in [0.15, 0.2) is 6.61 Å². The summed E-state index contributed by atoms with van der Waals surface area (Å²) in [7, 11) is 0. The number of rotatable bonds is 7. The molecule has 8 heteroatoms. The molecule has 134 valence electrons. The second-order valence-corrected chi connectivity index (χ2v) is 6.52. The Labute approximate surface area is 153 Å². The van der Waals surface area contributed by atoms with Gasteiger partial charge in [0.05, 0.1) is 11.6 Å². The van der Waals surface area contributed by atoms with Gasteiger partial charge in [-0.2, -0.15) is 5.10 Å². The maximum atomic E-state index is 12.4. The lowest BCUT2D eigenvalue weighted by Gasteiger charge is -2.08. The van der Waals surface area contributed by atoms with Gasteiger partial charge >= 0.3 is 11.7 Å². The van der Waals surface area contributed by atoms with E-state index in [2.05, 4.69) is 5.10 Å². The third-order valence-electron chi connectivity index (χ3n) is 3.62. The maximum absolute atomic E-state index is 12.4. The van der Waals surface area contributed by atoms with E-state index in [9.17, 15) is 9.59 Å². The Morgan fingerprint density at radius 2 is 2.00 bits per heavy atom. The molecule has 0 amide bonds. The monoisotopic (exact) mass is 371 g/mol. The van der Waals surface area contributed by atoms with E-state index in [-0.39, 0.29) is 12.3 Å². The molecule has 7 nitrogen and oxygen atoms in total. The minimum absolute atomic E-state index is 0.207. The number of carboxylic acids is 1. The van der Waals surface area contributed by atoms with Gasteiger partial charge < -0.3 is 9.84 Å². The number of carboxylic acid groups (broad SMARTS) is 1. The first-order valence-electron chi connectivity index (χ1n) is 7.82. The summed E-state index contributed by atoms with van der Waals surface area (Å²) in [4.78, 5) is 23.9. The fourth-order valence-electron chi connectivity index (χ4n) is 2.34. The predicted molar refractivity (Wildman–Crippen MR) is 98.0 cm³/mol. The Balaban J connectivity index is 1.68. The molecule has 0 unspecified atom stereocenters. The number of benzene rings is 2. The van der Waals surface area contributed by atoms with Crippen molar-refractivity contribution in [3.05, 3.63) is 70.9 Å². The fraction of sp³-hybridized carbons (Fsp3) is 0.167. The molecular formula is C18H17N3O4S. The number of thioether (sulfide) groups is 1. The lowest BCUT2D eigenvalue weighted by atomic mass is 10.2. The topological polar surface area (TPSA) is 86.4 Å². The van der Waals surface area contributed by atoms with Gasteiger partial charge in [-0.05, 0) is 42.8 Å². The van der Waals surface area contributed by atoms with E-state index in [4.69, 9.17) is 9.84 Å². The number of aliphatic carboxylic acids is 1. The standard InChI is InChI=1S/C18H17N3O4S/c1-13-9-15(7-8-16(13)25-10-17(22)23)26-12-21-18(24)20(11-19-21)14-5-3-2-4-6-14/h2-9,11H,10,12H2,1H3,(H,22,23). The van der Waals surface area contributed by atoms with Crippen LogP contribution in [0.4, 0.5) is 0 Å². The number of hydrogen-bond donors (Lipinski definition) is 1. The number of nitrogens with zero attached hydrogens (tertiary/aromatic N) is 3. The number of aromatic nitrogens is 3. The van der Waals surface area contributed by atoms with Gasteiger partial charge in [0.2, 0.25) is 0 Å². The zero-order chi connectivity index (χ0) is 18.5. The van der Waals surface area contributed by atoms with Crippen LogP contribution < -0.4 is 10.4 Å². The first kappa shape index (κ1) is 17.8. The van der Waals surface area contributed by atoms with Crippen LogP contribution in [0.3, 0.4) is 0 Å². The third kappa shape index (κ3) is 4.15. The van der Waals surface area contributed by atoms with Gasteiger partial charge in [-0.3, -0.25) is 0 Å². The molecule has 1 N–H and O–H groups in total. The van der Waals surface area contributed by atoms with E-state index < -0.39 is 5.97 Å². The number of hydrogen-bond acceptors (Lipinski definition) is 5. The maximum Gasteiger partial charge on any atom is 0.351 e. The molecule has 0 radical (unpaired) electrons. The van der Waals surface area contributed by atoms with Crippen molar-refractivity contribution in [2.24, 2.45) is 0 Å². The molecule has 0 aliphatic heterocycles. The van der Waals surface area contributed by atoms with Crippen molar-refractivity contribution in [1.82, 2.24) is 14.3 Å². The summed E-state index contributed by atoms with van der Waals surface area (Å²) in [5, 5.41) is 12.8. The van der Waals surface area contributed by atoms with Crippen molar-refractivity contribution < 1.29 is 14.6 Å². The molecular weight excluding hydrogens is 354 g/mol. The molecule has 3 aromatic rings. The Hall–Kier alpha value is -3.00. The van der Waals surface area contributed by atoms with Crippen LogP contribution in [-0.4, -0.2) is 32.0 Å². The largest absolute Gasteiger partial charge is 0.482 e. The van der Waals surface area contributed by atoms with Gasteiger partial charge in [-0.15, -0.1) is 11.8 Å². The van der Waals surface area contributed by atoms with Crippen molar-refractivity contribution in [2.45, 2.75) is 17.7 Å². The van der Waals surface area contributed by atoms with Crippen molar-refractivity contribution in [1.29, 1.82) is 0 Å². The molecule has 26 heavy (non-hydrogen) atoms. The van der Waals surface area contributed by atoms with Gasteiger partial charge in [0.25, 0.3) is 0 Å². The van der Waals surface area contributed by atoms with Crippen LogP contribution in [0.2, 0.25) is 0 Å². The summed E-state index contributed by atoms with van der Waals surface area (Å²) in [5.74, 6) is -0.119. The van der Waals surface area contributed by atoms with Crippen LogP contribution in [0.25, 0.3) is 5.69 Å². The summed E-state index contributed by atoms with van der Waals surface area (Å²) in [6, 6.07) is 14.8. The van der Waals surface area contributed by atoms with E-state index in [0.717, 1.165) is 16.1 Å². The van der Waals surface area contributed by atoms with Crippen molar-refractivity contribution in [3.63, 3.8) is 0 Å². The SMILES string of the molecule is Cc1cc(SCn2ncn(-c3ccccc3)c2=O)ccc1OCC(=O)O. The van der Waals surface area contributed by atoms with Gasteiger partial charge in [0, 0.05) is 4.90 Å².